The van der Waals surface area contributed by atoms with Crippen molar-refractivity contribution in [3.8, 4) is 0 Å². The highest BCUT2D eigenvalue weighted by molar-refractivity contribution is 5.96. The fourth-order valence-electron chi connectivity index (χ4n) is 3.18. The molecule has 0 saturated carbocycles. The van der Waals surface area contributed by atoms with Gasteiger partial charge in [0.15, 0.2) is 0 Å². The van der Waals surface area contributed by atoms with Gasteiger partial charge in [-0.25, -0.2) is 0 Å². The van der Waals surface area contributed by atoms with E-state index >= 15 is 0 Å². The van der Waals surface area contributed by atoms with E-state index < -0.39 is 5.97 Å². The minimum Gasteiger partial charge on any atom is -0.481 e. The second-order valence-electron chi connectivity index (χ2n) is 6.11. The summed E-state index contributed by atoms with van der Waals surface area (Å²) in [4.78, 5) is 29.5. The molecular formula is C18H20N2O3. The Bertz CT molecular complexity index is 729. The molecule has 5 nitrogen and oxygen atoms in total. The van der Waals surface area contributed by atoms with Crippen molar-refractivity contribution >= 4 is 22.6 Å². The second-order valence-corrected chi connectivity index (χ2v) is 6.11. The molecule has 1 fully saturated rings. The number of rotatable bonds is 4. The molecular weight excluding hydrogens is 292 g/mol. The summed E-state index contributed by atoms with van der Waals surface area (Å²) in [5.41, 5.74) is 0.461. The summed E-state index contributed by atoms with van der Waals surface area (Å²) in [6.07, 6.45) is 4.44. The maximum Gasteiger partial charge on any atom is 0.303 e. The molecule has 1 aliphatic heterocycles. The number of fused-ring (bicyclic) bond motifs is 1. The molecule has 1 atom stereocenters. The largest absolute Gasteiger partial charge is 0.481 e. The minimum atomic E-state index is -0.773. The first kappa shape index (κ1) is 15.5. The molecule has 1 aromatic carbocycles. The van der Waals surface area contributed by atoms with E-state index in [0.29, 0.717) is 18.7 Å². The predicted molar refractivity (Wildman–Crippen MR) is 87.2 cm³/mol. The molecule has 2 heterocycles. The van der Waals surface area contributed by atoms with Crippen LogP contribution in [0.4, 0.5) is 0 Å². The number of amides is 1. The number of piperidine rings is 1. The van der Waals surface area contributed by atoms with Crippen LogP contribution in [0.2, 0.25) is 0 Å². The van der Waals surface area contributed by atoms with E-state index in [2.05, 4.69) is 4.98 Å². The Balaban J connectivity index is 1.71. The van der Waals surface area contributed by atoms with Crippen molar-refractivity contribution in [2.24, 2.45) is 5.92 Å². The molecule has 5 heteroatoms. The Morgan fingerprint density at radius 1 is 1.26 bits per heavy atom. The number of nitrogens with zero attached hydrogens (tertiary/aromatic N) is 2. The van der Waals surface area contributed by atoms with Gasteiger partial charge in [-0.05, 0) is 36.6 Å². The number of carbonyl (C=O) groups is 2. The first-order valence-corrected chi connectivity index (χ1v) is 7.99. The minimum absolute atomic E-state index is 0.0595. The average molecular weight is 312 g/mol. The normalized spacial score (nSPS) is 18.1. The van der Waals surface area contributed by atoms with Crippen molar-refractivity contribution in [3.05, 3.63) is 42.2 Å². The Morgan fingerprint density at radius 2 is 2.04 bits per heavy atom. The number of hydrogen-bond acceptors (Lipinski definition) is 3. The van der Waals surface area contributed by atoms with Gasteiger partial charge in [0.2, 0.25) is 0 Å². The number of carboxylic acids is 1. The van der Waals surface area contributed by atoms with Crippen LogP contribution in [0.3, 0.4) is 0 Å². The summed E-state index contributed by atoms with van der Waals surface area (Å²) in [5.74, 6) is -0.565. The predicted octanol–water partition coefficient (Wildman–Crippen LogP) is 2.95. The lowest BCUT2D eigenvalue weighted by Crippen LogP contribution is -2.40. The first-order chi connectivity index (χ1) is 11.1. The number of aromatic nitrogens is 1. The van der Waals surface area contributed by atoms with Crippen LogP contribution < -0.4 is 0 Å². The Morgan fingerprint density at radius 3 is 2.83 bits per heavy atom. The van der Waals surface area contributed by atoms with Crippen molar-refractivity contribution in [2.75, 3.05) is 13.1 Å². The van der Waals surface area contributed by atoms with Gasteiger partial charge in [-0.3, -0.25) is 14.6 Å². The number of likely N-dealkylation sites (tertiary alicyclic amines) is 1. The zero-order valence-electron chi connectivity index (χ0n) is 12.9. The highest BCUT2D eigenvalue weighted by Crippen LogP contribution is 2.23. The van der Waals surface area contributed by atoms with Gasteiger partial charge < -0.3 is 10.0 Å². The van der Waals surface area contributed by atoms with Crippen LogP contribution in [0.15, 0.2) is 36.5 Å². The maximum absolute atomic E-state index is 12.7. The zero-order chi connectivity index (χ0) is 16.2. The standard InChI is InChI=1S/C18H20N2O3/c21-17(22)8-7-13-4-3-9-20(12-13)18(23)16-10-14-5-1-2-6-15(14)11-19-16/h1-2,5-6,10-11,13H,3-4,7-9,12H2,(H,21,22). The van der Waals surface area contributed by atoms with Crippen molar-refractivity contribution in [1.82, 2.24) is 9.88 Å². The molecule has 1 amide bonds. The van der Waals surface area contributed by atoms with Gasteiger partial charge in [0.1, 0.15) is 5.69 Å². The number of aliphatic carboxylic acids is 1. The van der Waals surface area contributed by atoms with E-state index in [1.807, 2.05) is 35.2 Å². The molecule has 3 rings (SSSR count). The van der Waals surface area contributed by atoms with Crippen LogP contribution in [-0.4, -0.2) is 40.0 Å². The summed E-state index contributed by atoms with van der Waals surface area (Å²) in [6.45, 7) is 1.34. The van der Waals surface area contributed by atoms with Gasteiger partial charge in [-0.1, -0.05) is 24.3 Å². The lowest BCUT2D eigenvalue weighted by atomic mass is 9.93. The van der Waals surface area contributed by atoms with E-state index in [4.69, 9.17) is 5.11 Å². The van der Waals surface area contributed by atoms with Crippen molar-refractivity contribution in [3.63, 3.8) is 0 Å². The van der Waals surface area contributed by atoms with E-state index in [1.165, 1.54) is 0 Å². The van der Waals surface area contributed by atoms with Crippen LogP contribution >= 0.6 is 0 Å². The van der Waals surface area contributed by atoms with Crippen molar-refractivity contribution in [2.45, 2.75) is 25.7 Å². The number of benzene rings is 1. The molecule has 0 spiro atoms. The zero-order valence-corrected chi connectivity index (χ0v) is 12.9. The number of carboxylic acid groups (broad SMARTS) is 1. The summed E-state index contributed by atoms with van der Waals surface area (Å²) in [7, 11) is 0. The molecule has 120 valence electrons. The summed E-state index contributed by atoms with van der Waals surface area (Å²) >= 11 is 0. The number of pyridine rings is 1. The molecule has 0 aliphatic carbocycles. The highest BCUT2D eigenvalue weighted by Gasteiger charge is 2.25. The van der Waals surface area contributed by atoms with Gasteiger partial charge in [0.05, 0.1) is 0 Å². The van der Waals surface area contributed by atoms with Crippen LogP contribution in [0, 0.1) is 5.92 Å². The molecule has 2 aromatic rings. The molecule has 1 unspecified atom stereocenters. The van der Waals surface area contributed by atoms with Crippen LogP contribution in [0.5, 0.6) is 0 Å². The molecule has 1 N–H and O–H groups in total. The van der Waals surface area contributed by atoms with Crippen molar-refractivity contribution in [1.29, 1.82) is 0 Å². The molecule has 23 heavy (non-hydrogen) atoms. The number of carbonyl (C=O) groups excluding carboxylic acids is 1. The smallest absolute Gasteiger partial charge is 0.303 e. The van der Waals surface area contributed by atoms with Gasteiger partial charge >= 0.3 is 5.97 Å². The van der Waals surface area contributed by atoms with E-state index in [0.717, 1.165) is 30.2 Å². The van der Waals surface area contributed by atoms with Crippen LogP contribution in [0.25, 0.3) is 10.8 Å². The lowest BCUT2D eigenvalue weighted by molar-refractivity contribution is -0.137. The maximum atomic E-state index is 12.7. The Hall–Kier alpha value is -2.43. The van der Waals surface area contributed by atoms with E-state index in [1.54, 1.807) is 6.20 Å². The average Bonchev–Trinajstić information content (AvgIpc) is 2.59. The highest BCUT2D eigenvalue weighted by atomic mass is 16.4. The lowest BCUT2D eigenvalue weighted by Gasteiger charge is -2.32. The van der Waals surface area contributed by atoms with Crippen molar-refractivity contribution < 1.29 is 14.7 Å². The fourth-order valence-corrected chi connectivity index (χ4v) is 3.18. The van der Waals surface area contributed by atoms with Gasteiger partial charge in [0, 0.05) is 31.1 Å². The Kier molecular flexibility index (Phi) is 4.55. The second kappa shape index (κ2) is 6.77. The third-order valence-electron chi connectivity index (χ3n) is 4.42. The van der Waals surface area contributed by atoms with Gasteiger partial charge in [0.25, 0.3) is 5.91 Å². The fraction of sp³-hybridized carbons (Fsp3) is 0.389. The topological polar surface area (TPSA) is 70.5 Å². The third-order valence-corrected chi connectivity index (χ3v) is 4.42. The molecule has 0 bridgehead atoms. The quantitative estimate of drug-likeness (QED) is 0.942. The van der Waals surface area contributed by atoms with Crippen LogP contribution in [0.1, 0.15) is 36.2 Å². The monoisotopic (exact) mass is 312 g/mol. The summed E-state index contributed by atoms with van der Waals surface area (Å²) in [5, 5.41) is 10.8. The molecule has 0 radical (unpaired) electrons. The van der Waals surface area contributed by atoms with Gasteiger partial charge in [-0.2, -0.15) is 0 Å². The van der Waals surface area contributed by atoms with Gasteiger partial charge in [-0.15, -0.1) is 0 Å². The third kappa shape index (κ3) is 3.67. The first-order valence-electron chi connectivity index (χ1n) is 7.99. The summed E-state index contributed by atoms with van der Waals surface area (Å²) < 4.78 is 0. The van der Waals surface area contributed by atoms with Crippen LogP contribution in [-0.2, 0) is 4.79 Å². The van der Waals surface area contributed by atoms with E-state index in [-0.39, 0.29) is 18.2 Å². The molecule has 1 aliphatic rings. The van der Waals surface area contributed by atoms with E-state index in [9.17, 15) is 9.59 Å². The summed E-state index contributed by atoms with van der Waals surface area (Å²) in [6, 6.07) is 9.67. The SMILES string of the molecule is O=C(O)CCC1CCCN(C(=O)c2cc3ccccc3cn2)C1. The number of hydrogen-bond donors (Lipinski definition) is 1. The Labute approximate surface area is 134 Å². The molecule has 1 saturated heterocycles. The molecule has 1 aromatic heterocycles.